The summed E-state index contributed by atoms with van der Waals surface area (Å²) in [6.45, 7) is 0.144. The predicted octanol–water partition coefficient (Wildman–Crippen LogP) is 0.304. The summed E-state index contributed by atoms with van der Waals surface area (Å²) in [4.78, 5) is 4.67. The van der Waals surface area contributed by atoms with E-state index in [0.717, 1.165) is 5.56 Å². The van der Waals surface area contributed by atoms with Crippen molar-refractivity contribution in [1.29, 1.82) is 0 Å². The van der Waals surface area contributed by atoms with Gasteiger partial charge in [0.2, 0.25) is 0 Å². The molecule has 0 aromatic carbocycles. The van der Waals surface area contributed by atoms with Crippen LogP contribution in [0, 0.1) is 17.6 Å². The van der Waals surface area contributed by atoms with Gasteiger partial charge in [-0.15, -0.1) is 6.42 Å². The lowest BCUT2D eigenvalue weighted by atomic mass is 10.3. The summed E-state index contributed by atoms with van der Waals surface area (Å²) in [7, 11) is 0. The van der Waals surface area contributed by atoms with Crippen molar-refractivity contribution in [3.63, 3.8) is 0 Å². The van der Waals surface area contributed by atoms with Gasteiger partial charge in [-0.25, -0.2) is 0 Å². The van der Waals surface area contributed by atoms with E-state index in [4.69, 9.17) is 6.42 Å². The van der Waals surface area contributed by atoms with Crippen LogP contribution in [0.15, 0.2) is 29.7 Å². The van der Waals surface area contributed by atoms with E-state index in [1.807, 2.05) is 0 Å². The molecule has 1 aromatic rings. The number of oxime groups is 1. The molecule has 4 nitrogen and oxygen atoms in total. The Labute approximate surface area is 76.0 Å². The van der Waals surface area contributed by atoms with Crippen molar-refractivity contribution < 1.29 is 9.57 Å². The van der Waals surface area contributed by atoms with Gasteiger partial charge < -0.3 is 10.0 Å². The number of hydrogen-bond donors (Lipinski definition) is 0. The van der Waals surface area contributed by atoms with Gasteiger partial charge in [0, 0.05) is 17.7 Å². The van der Waals surface area contributed by atoms with E-state index in [-0.39, 0.29) is 6.61 Å². The van der Waals surface area contributed by atoms with Crippen LogP contribution in [0.5, 0.6) is 0 Å². The van der Waals surface area contributed by atoms with Crippen LogP contribution in [-0.2, 0) is 4.84 Å². The van der Waals surface area contributed by atoms with Gasteiger partial charge in [-0.2, -0.15) is 4.73 Å². The summed E-state index contributed by atoms with van der Waals surface area (Å²) in [5, 5.41) is 14.2. The van der Waals surface area contributed by atoms with Crippen LogP contribution < -0.4 is 4.73 Å². The Kier molecular flexibility index (Phi) is 3.33. The van der Waals surface area contributed by atoms with Gasteiger partial charge in [0.25, 0.3) is 0 Å². The summed E-state index contributed by atoms with van der Waals surface area (Å²) in [5.41, 5.74) is 0.782. The van der Waals surface area contributed by atoms with Gasteiger partial charge in [0.05, 0.1) is 6.21 Å². The first kappa shape index (κ1) is 9.07. The number of pyridine rings is 1. The van der Waals surface area contributed by atoms with Crippen LogP contribution in [0.2, 0.25) is 0 Å². The second kappa shape index (κ2) is 4.78. The van der Waals surface area contributed by atoms with Gasteiger partial charge in [-0.1, -0.05) is 11.1 Å². The van der Waals surface area contributed by atoms with Gasteiger partial charge >= 0.3 is 0 Å². The Balaban J connectivity index is 2.50. The third-order valence-corrected chi connectivity index (χ3v) is 1.25. The monoisotopic (exact) mass is 176 g/mol. The second-order valence-electron chi connectivity index (χ2n) is 2.20. The first-order valence-electron chi connectivity index (χ1n) is 3.60. The first-order chi connectivity index (χ1) is 6.33. The SMILES string of the molecule is C#CCO/N=C\c1cc[n+]([O-])cc1. The maximum atomic E-state index is 10.6. The highest BCUT2D eigenvalue weighted by atomic mass is 16.6. The lowest BCUT2D eigenvalue weighted by Crippen LogP contribution is -2.23. The Bertz CT molecular complexity index is 324. The molecule has 0 aliphatic heterocycles. The zero-order valence-corrected chi connectivity index (χ0v) is 6.88. The molecule has 0 aliphatic rings. The molecule has 1 rings (SSSR count). The highest BCUT2D eigenvalue weighted by molar-refractivity contribution is 5.78. The lowest BCUT2D eigenvalue weighted by Gasteiger charge is -1.94. The average molecular weight is 176 g/mol. The molecule has 1 heterocycles. The molecule has 66 valence electrons. The Morgan fingerprint density at radius 2 is 2.31 bits per heavy atom. The molecule has 0 saturated heterocycles. The number of terminal acetylenes is 1. The van der Waals surface area contributed by atoms with Crippen molar-refractivity contribution >= 4 is 6.21 Å². The van der Waals surface area contributed by atoms with Crippen LogP contribution >= 0.6 is 0 Å². The molecule has 0 N–H and O–H groups in total. The number of hydrogen-bond acceptors (Lipinski definition) is 3. The van der Waals surface area contributed by atoms with Crippen molar-refractivity contribution in [1.82, 2.24) is 0 Å². The third-order valence-electron chi connectivity index (χ3n) is 1.25. The molecule has 1 aromatic heterocycles. The van der Waals surface area contributed by atoms with Crippen molar-refractivity contribution in [2.24, 2.45) is 5.16 Å². The quantitative estimate of drug-likeness (QED) is 0.166. The van der Waals surface area contributed by atoms with Crippen molar-refractivity contribution in [3.05, 3.63) is 35.3 Å². The summed E-state index contributed by atoms with van der Waals surface area (Å²) < 4.78 is 0.694. The topological polar surface area (TPSA) is 48.5 Å². The maximum Gasteiger partial charge on any atom is 0.181 e. The summed E-state index contributed by atoms with van der Waals surface area (Å²) in [6.07, 6.45) is 9.17. The summed E-state index contributed by atoms with van der Waals surface area (Å²) in [6, 6.07) is 3.24. The zero-order chi connectivity index (χ0) is 9.52. The molecule has 0 bridgehead atoms. The first-order valence-corrected chi connectivity index (χ1v) is 3.60. The Hall–Kier alpha value is -2.02. The van der Waals surface area contributed by atoms with Gasteiger partial charge in [0.1, 0.15) is 0 Å². The predicted molar refractivity (Wildman–Crippen MR) is 47.8 cm³/mol. The van der Waals surface area contributed by atoms with Crippen molar-refractivity contribution in [2.75, 3.05) is 6.61 Å². The molecule has 0 unspecified atom stereocenters. The van der Waals surface area contributed by atoms with Gasteiger partial charge in [-0.3, -0.25) is 0 Å². The Morgan fingerprint density at radius 3 is 2.92 bits per heavy atom. The van der Waals surface area contributed by atoms with Gasteiger partial charge in [-0.05, 0) is 0 Å². The lowest BCUT2D eigenvalue weighted by molar-refractivity contribution is -0.605. The molecule has 0 radical (unpaired) electrons. The highest BCUT2D eigenvalue weighted by Crippen LogP contribution is 1.90. The smallest absolute Gasteiger partial charge is 0.181 e. The van der Waals surface area contributed by atoms with E-state index in [0.29, 0.717) is 4.73 Å². The van der Waals surface area contributed by atoms with Crippen molar-refractivity contribution in [3.8, 4) is 12.3 Å². The van der Waals surface area contributed by atoms with Crippen molar-refractivity contribution in [2.45, 2.75) is 0 Å². The zero-order valence-electron chi connectivity index (χ0n) is 6.88. The molecular formula is C9H8N2O2. The fraction of sp³-hybridized carbons (Fsp3) is 0.111. The maximum absolute atomic E-state index is 10.6. The minimum atomic E-state index is 0.144. The van der Waals surface area contributed by atoms with E-state index in [2.05, 4.69) is 15.9 Å². The number of nitrogens with zero attached hydrogens (tertiary/aromatic N) is 2. The van der Waals surface area contributed by atoms with E-state index < -0.39 is 0 Å². The highest BCUT2D eigenvalue weighted by Gasteiger charge is 1.89. The van der Waals surface area contributed by atoms with E-state index in [1.54, 1.807) is 12.1 Å². The minimum absolute atomic E-state index is 0.144. The Morgan fingerprint density at radius 1 is 1.62 bits per heavy atom. The minimum Gasteiger partial charge on any atom is -0.619 e. The standard InChI is InChI=1S/C9H8N2O2/c1-2-7-13-10-8-9-3-5-11(12)6-4-9/h1,3-6,8H,7H2/b10-8-. The molecular weight excluding hydrogens is 168 g/mol. The molecule has 4 heteroatoms. The fourth-order valence-corrected chi connectivity index (χ4v) is 0.683. The largest absolute Gasteiger partial charge is 0.619 e. The molecule has 0 amide bonds. The van der Waals surface area contributed by atoms with E-state index in [1.165, 1.54) is 18.6 Å². The fourth-order valence-electron chi connectivity index (χ4n) is 0.683. The number of aromatic nitrogens is 1. The molecule has 13 heavy (non-hydrogen) atoms. The molecule has 0 fully saturated rings. The molecule has 0 saturated carbocycles. The molecule has 0 aliphatic carbocycles. The van der Waals surface area contributed by atoms with Crippen LogP contribution in [-0.4, -0.2) is 12.8 Å². The van der Waals surface area contributed by atoms with Crippen LogP contribution in [0.25, 0.3) is 0 Å². The summed E-state index contributed by atoms with van der Waals surface area (Å²) >= 11 is 0. The summed E-state index contributed by atoms with van der Waals surface area (Å²) in [5.74, 6) is 2.27. The average Bonchev–Trinajstić information content (AvgIpc) is 2.15. The molecule has 0 spiro atoms. The normalized spacial score (nSPS) is 9.77. The number of rotatable bonds is 3. The van der Waals surface area contributed by atoms with E-state index in [9.17, 15) is 5.21 Å². The second-order valence-corrected chi connectivity index (χ2v) is 2.20. The van der Waals surface area contributed by atoms with Crippen LogP contribution in [0.4, 0.5) is 0 Å². The van der Waals surface area contributed by atoms with Crippen LogP contribution in [0.3, 0.4) is 0 Å². The van der Waals surface area contributed by atoms with E-state index >= 15 is 0 Å². The van der Waals surface area contributed by atoms with Crippen LogP contribution in [0.1, 0.15) is 5.56 Å². The molecule has 0 atom stereocenters. The van der Waals surface area contributed by atoms with Gasteiger partial charge in [0.15, 0.2) is 19.0 Å². The third kappa shape index (κ3) is 3.25.